The van der Waals surface area contributed by atoms with Crippen molar-refractivity contribution < 1.29 is 18.3 Å². The summed E-state index contributed by atoms with van der Waals surface area (Å²) in [5, 5.41) is 9.01. The minimum absolute atomic E-state index is 0.0259. The normalized spacial score (nSPS) is 17.2. The van der Waals surface area contributed by atoms with Gasteiger partial charge in [-0.1, -0.05) is 28.8 Å². The first-order valence-corrected chi connectivity index (χ1v) is 8.93. The summed E-state index contributed by atoms with van der Waals surface area (Å²) in [7, 11) is -3.65. The molecule has 2 N–H and O–H groups in total. The molecule has 0 aliphatic carbocycles. The number of carboxylic acids is 1. The van der Waals surface area contributed by atoms with Gasteiger partial charge >= 0.3 is 16.2 Å². The number of anilines is 1. The first-order chi connectivity index (χ1) is 9.88. The van der Waals surface area contributed by atoms with Gasteiger partial charge in [0.15, 0.2) is 0 Å². The van der Waals surface area contributed by atoms with Crippen molar-refractivity contribution in [2.45, 2.75) is 25.7 Å². The van der Waals surface area contributed by atoms with Gasteiger partial charge in [-0.05, 0) is 31.0 Å². The largest absolute Gasteiger partial charge is 0.478 e. The summed E-state index contributed by atoms with van der Waals surface area (Å²) >= 11 is 3.19. The molecule has 0 bridgehead atoms. The summed E-state index contributed by atoms with van der Waals surface area (Å²) in [6, 6.07) is 4.27. The molecule has 0 amide bonds. The number of aromatic carboxylic acids is 1. The molecule has 0 spiro atoms. The van der Waals surface area contributed by atoms with Crippen LogP contribution < -0.4 is 4.72 Å². The van der Waals surface area contributed by atoms with Crippen LogP contribution in [0.4, 0.5) is 5.69 Å². The molecule has 116 valence electrons. The highest BCUT2D eigenvalue weighted by Gasteiger charge is 2.23. The van der Waals surface area contributed by atoms with Crippen molar-refractivity contribution in [3.8, 4) is 0 Å². The lowest BCUT2D eigenvalue weighted by atomic mass is 10.2. The van der Waals surface area contributed by atoms with E-state index in [9.17, 15) is 13.2 Å². The summed E-state index contributed by atoms with van der Waals surface area (Å²) in [6.45, 7) is 0.990. The molecular formula is C13H17BrN2O4S. The Labute approximate surface area is 132 Å². The lowest BCUT2D eigenvalue weighted by Crippen LogP contribution is -2.36. The van der Waals surface area contributed by atoms with Crippen molar-refractivity contribution in [2.24, 2.45) is 0 Å². The van der Waals surface area contributed by atoms with Crippen LogP contribution in [0.15, 0.2) is 22.7 Å². The van der Waals surface area contributed by atoms with E-state index in [2.05, 4.69) is 20.7 Å². The molecule has 1 aromatic rings. The highest BCUT2D eigenvalue weighted by Crippen LogP contribution is 2.22. The summed E-state index contributed by atoms with van der Waals surface area (Å²) < 4.78 is 29.1. The summed E-state index contributed by atoms with van der Waals surface area (Å²) in [5.74, 6) is -1.11. The first-order valence-electron chi connectivity index (χ1n) is 6.70. The van der Waals surface area contributed by atoms with Crippen molar-refractivity contribution in [3.63, 3.8) is 0 Å². The zero-order chi connectivity index (χ0) is 15.5. The molecule has 1 aliphatic rings. The first kappa shape index (κ1) is 16.3. The van der Waals surface area contributed by atoms with Gasteiger partial charge in [-0.2, -0.15) is 12.7 Å². The van der Waals surface area contributed by atoms with Gasteiger partial charge in [-0.15, -0.1) is 0 Å². The van der Waals surface area contributed by atoms with Crippen molar-refractivity contribution in [2.75, 3.05) is 17.8 Å². The number of rotatable bonds is 4. The minimum atomic E-state index is -3.65. The molecule has 0 radical (unpaired) electrons. The lowest BCUT2D eigenvalue weighted by molar-refractivity contribution is 0.0697. The van der Waals surface area contributed by atoms with E-state index < -0.39 is 16.2 Å². The average Bonchev–Trinajstić information content (AvgIpc) is 2.66. The summed E-state index contributed by atoms with van der Waals surface area (Å²) in [4.78, 5) is 11.0. The van der Waals surface area contributed by atoms with Crippen LogP contribution in [0.2, 0.25) is 0 Å². The third kappa shape index (κ3) is 4.42. The maximum Gasteiger partial charge on any atom is 0.335 e. The van der Waals surface area contributed by atoms with Crippen molar-refractivity contribution in [3.05, 3.63) is 28.2 Å². The molecule has 1 fully saturated rings. The number of halogens is 1. The number of hydrogen-bond acceptors (Lipinski definition) is 3. The van der Waals surface area contributed by atoms with E-state index in [0.717, 1.165) is 25.7 Å². The van der Waals surface area contributed by atoms with Crippen molar-refractivity contribution in [1.82, 2.24) is 4.31 Å². The van der Waals surface area contributed by atoms with E-state index in [1.165, 1.54) is 16.4 Å². The zero-order valence-electron chi connectivity index (χ0n) is 11.4. The smallest absolute Gasteiger partial charge is 0.335 e. The minimum Gasteiger partial charge on any atom is -0.478 e. The summed E-state index contributed by atoms with van der Waals surface area (Å²) in [6.07, 6.45) is 3.76. The van der Waals surface area contributed by atoms with Gasteiger partial charge in [0.05, 0.1) is 11.3 Å². The van der Waals surface area contributed by atoms with Crippen LogP contribution >= 0.6 is 15.9 Å². The predicted octanol–water partition coefficient (Wildman–Crippen LogP) is 2.68. The zero-order valence-corrected chi connectivity index (χ0v) is 13.8. The van der Waals surface area contributed by atoms with E-state index in [1.807, 2.05) is 0 Å². The molecule has 0 saturated carbocycles. The van der Waals surface area contributed by atoms with Gasteiger partial charge in [-0.25, -0.2) is 4.79 Å². The number of nitrogens with zero attached hydrogens (tertiary/aromatic N) is 1. The Hall–Kier alpha value is -1.12. The number of hydrogen-bond donors (Lipinski definition) is 2. The number of carboxylic acid groups (broad SMARTS) is 1. The van der Waals surface area contributed by atoms with Crippen LogP contribution in [0.25, 0.3) is 0 Å². The number of nitrogens with one attached hydrogen (secondary N) is 1. The van der Waals surface area contributed by atoms with Crippen LogP contribution in [-0.2, 0) is 10.2 Å². The van der Waals surface area contributed by atoms with E-state index in [-0.39, 0.29) is 11.3 Å². The SMILES string of the molecule is O=C(O)c1cc(Br)cc(NS(=O)(=O)N2CCCCCC2)c1. The van der Waals surface area contributed by atoms with Gasteiger partial charge in [0.1, 0.15) is 0 Å². The number of benzene rings is 1. The highest BCUT2D eigenvalue weighted by atomic mass is 79.9. The predicted molar refractivity (Wildman–Crippen MR) is 83.7 cm³/mol. The molecule has 0 aromatic heterocycles. The third-order valence-corrected chi connectivity index (χ3v) is 5.29. The Morgan fingerprint density at radius 1 is 1.14 bits per heavy atom. The molecule has 2 rings (SSSR count). The molecule has 1 aliphatic heterocycles. The van der Waals surface area contributed by atoms with Crippen LogP contribution in [0, 0.1) is 0 Å². The molecular weight excluding hydrogens is 360 g/mol. The molecule has 21 heavy (non-hydrogen) atoms. The maximum atomic E-state index is 12.4. The standard InChI is InChI=1S/C13H17BrN2O4S/c14-11-7-10(13(17)18)8-12(9-11)15-21(19,20)16-5-3-1-2-4-6-16/h7-9,15H,1-6H2,(H,17,18). The second-order valence-corrected chi connectivity index (χ2v) is 7.54. The lowest BCUT2D eigenvalue weighted by Gasteiger charge is -2.21. The Kier molecular flexibility index (Phi) is 5.23. The van der Waals surface area contributed by atoms with Crippen molar-refractivity contribution >= 4 is 37.8 Å². The van der Waals surface area contributed by atoms with E-state index in [0.29, 0.717) is 17.6 Å². The summed E-state index contributed by atoms with van der Waals surface area (Å²) in [5.41, 5.74) is 0.268. The van der Waals surface area contributed by atoms with Crippen LogP contribution in [0.5, 0.6) is 0 Å². The monoisotopic (exact) mass is 376 g/mol. The van der Waals surface area contributed by atoms with E-state index >= 15 is 0 Å². The molecule has 1 aromatic carbocycles. The Morgan fingerprint density at radius 2 is 1.76 bits per heavy atom. The average molecular weight is 377 g/mol. The van der Waals surface area contributed by atoms with Gasteiger partial charge in [0.2, 0.25) is 0 Å². The van der Waals surface area contributed by atoms with Crippen LogP contribution in [0.3, 0.4) is 0 Å². The second-order valence-electron chi connectivity index (χ2n) is 4.95. The molecule has 6 nitrogen and oxygen atoms in total. The molecule has 1 heterocycles. The topological polar surface area (TPSA) is 86.7 Å². The Balaban J connectivity index is 2.21. The Morgan fingerprint density at radius 3 is 2.33 bits per heavy atom. The van der Waals surface area contributed by atoms with Crippen LogP contribution in [-0.4, -0.2) is 36.9 Å². The fourth-order valence-corrected chi connectivity index (χ4v) is 4.04. The molecule has 8 heteroatoms. The Bertz CT molecular complexity index is 625. The molecule has 0 unspecified atom stereocenters. The quantitative estimate of drug-likeness (QED) is 0.845. The van der Waals surface area contributed by atoms with Gasteiger partial charge in [0, 0.05) is 17.6 Å². The van der Waals surface area contributed by atoms with Crippen molar-refractivity contribution in [1.29, 1.82) is 0 Å². The molecule has 1 saturated heterocycles. The van der Waals surface area contributed by atoms with Gasteiger partial charge < -0.3 is 5.11 Å². The van der Waals surface area contributed by atoms with Crippen LogP contribution in [0.1, 0.15) is 36.0 Å². The fraction of sp³-hybridized carbons (Fsp3) is 0.462. The second kappa shape index (κ2) is 6.76. The van der Waals surface area contributed by atoms with Gasteiger partial charge in [0.25, 0.3) is 0 Å². The molecule has 0 atom stereocenters. The number of carbonyl (C=O) groups is 1. The maximum absolute atomic E-state index is 12.4. The fourth-order valence-electron chi connectivity index (χ4n) is 2.27. The van der Waals surface area contributed by atoms with Gasteiger partial charge in [-0.3, -0.25) is 4.72 Å². The van der Waals surface area contributed by atoms with E-state index in [4.69, 9.17) is 5.11 Å². The highest BCUT2D eigenvalue weighted by molar-refractivity contribution is 9.10. The third-order valence-electron chi connectivity index (χ3n) is 3.30. The van der Waals surface area contributed by atoms with E-state index in [1.54, 1.807) is 6.07 Å².